The zero-order chi connectivity index (χ0) is 14.8. The number of morpholine rings is 1. The average Bonchev–Trinajstić information content (AvgIpc) is 2.90. The Kier molecular flexibility index (Phi) is 3.66. The second-order valence-electron chi connectivity index (χ2n) is 4.80. The molecule has 7 heteroatoms. The van der Waals surface area contributed by atoms with Crippen LogP contribution in [0, 0.1) is 12.7 Å². The molecule has 110 valence electrons. The molecule has 1 amide bonds. The molecule has 0 spiro atoms. The Bertz CT molecular complexity index is 647. The minimum absolute atomic E-state index is 0.149. The van der Waals surface area contributed by atoms with Gasteiger partial charge in [0.2, 0.25) is 0 Å². The van der Waals surface area contributed by atoms with Gasteiger partial charge in [-0.1, -0.05) is 0 Å². The molecule has 0 atom stereocenters. The SMILES string of the molecule is Cc1nn(-c2ccc(F)cc2)nc1C(=O)N1CCOCC1. The number of halogens is 1. The fraction of sp³-hybridized carbons (Fsp3) is 0.357. The molecule has 1 aliphatic rings. The third kappa shape index (κ3) is 2.78. The van der Waals surface area contributed by atoms with Crippen molar-refractivity contribution in [2.45, 2.75) is 6.92 Å². The normalized spacial score (nSPS) is 15.2. The van der Waals surface area contributed by atoms with Crippen LogP contribution < -0.4 is 0 Å². The van der Waals surface area contributed by atoms with Crippen LogP contribution >= 0.6 is 0 Å². The third-order valence-electron chi connectivity index (χ3n) is 3.34. The van der Waals surface area contributed by atoms with Crippen molar-refractivity contribution < 1.29 is 13.9 Å². The molecule has 6 nitrogen and oxygen atoms in total. The van der Waals surface area contributed by atoms with Crippen LogP contribution in [0.3, 0.4) is 0 Å². The molecule has 3 rings (SSSR count). The van der Waals surface area contributed by atoms with Crippen LogP contribution in [0.15, 0.2) is 24.3 Å². The van der Waals surface area contributed by atoms with Crippen molar-refractivity contribution in [1.82, 2.24) is 19.9 Å². The molecule has 1 aromatic heterocycles. The number of rotatable bonds is 2. The first-order valence-electron chi connectivity index (χ1n) is 6.72. The Morgan fingerprint density at radius 2 is 1.86 bits per heavy atom. The summed E-state index contributed by atoms with van der Waals surface area (Å²) in [6, 6.07) is 5.80. The summed E-state index contributed by atoms with van der Waals surface area (Å²) in [5, 5.41) is 8.47. The van der Waals surface area contributed by atoms with Gasteiger partial charge in [-0.3, -0.25) is 4.79 Å². The van der Waals surface area contributed by atoms with E-state index in [1.807, 2.05) is 0 Å². The molecule has 0 bridgehead atoms. The van der Waals surface area contributed by atoms with E-state index < -0.39 is 0 Å². The molecule has 0 unspecified atom stereocenters. The first-order valence-corrected chi connectivity index (χ1v) is 6.72. The van der Waals surface area contributed by atoms with E-state index in [1.165, 1.54) is 16.9 Å². The number of hydrogen-bond donors (Lipinski definition) is 0. The molecule has 0 aliphatic carbocycles. The van der Waals surface area contributed by atoms with Crippen molar-refractivity contribution in [1.29, 1.82) is 0 Å². The first kappa shape index (κ1) is 13.7. The summed E-state index contributed by atoms with van der Waals surface area (Å²) in [4.78, 5) is 15.5. The van der Waals surface area contributed by atoms with Crippen molar-refractivity contribution in [2.24, 2.45) is 0 Å². The van der Waals surface area contributed by atoms with E-state index in [0.29, 0.717) is 43.4 Å². The predicted octanol–water partition coefficient (Wildman–Crippen LogP) is 1.19. The van der Waals surface area contributed by atoms with E-state index in [9.17, 15) is 9.18 Å². The fourth-order valence-corrected chi connectivity index (χ4v) is 2.18. The van der Waals surface area contributed by atoms with Crippen LogP contribution in [0.4, 0.5) is 4.39 Å². The second kappa shape index (κ2) is 5.61. The molecule has 1 aromatic carbocycles. The zero-order valence-corrected chi connectivity index (χ0v) is 11.6. The molecule has 1 saturated heterocycles. The Balaban J connectivity index is 1.87. The minimum atomic E-state index is -0.327. The molecule has 0 saturated carbocycles. The van der Waals surface area contributed by atoms with Crippen molar-refractivity contribution in [3.05, 3.63) is 41.5 Å². The van der Waals surface area contributed by atoms with Gasteiger partial charge in [-0.15, -0.1) is 5.10 Å². The number of aryl methyl sites for hydroxylation is 1. The van der Waals surface area contributed by atoms with Crippen molar-refractivity contribution in [3.63, 3.8) is 0 Å². The second-order valence-corrected chi connectivity index (χ2v) is 4.80. The van der Waals surface area contributed by atoms with Crippen LogP contribution in [-0.2, 0) is 4.74 Å². The Hall–Kier alpha value is -2.28. The van der Waals surface area contributed by atoms with Gasteiger partial charge in [0.1, 0.15) is 5.82 Å². The highest BCUT2D eigenvalue weighted by Crippen LogP contribution is 2.12. The number of ether oxygens (including phenoxy) is 1. The monoisotopic (exact) mass is 290 g/mol. The molecule has 0 radical (unpaired) electrons. The van der Waals surface area contributed by atoms with Crippen LogP contribution in [0.25, 0.3) is 5.69 Å². The van der Waals surface area contributed by atoms with E-state index in [-0.39, 0.29) is 11.7 Å². The van der Waals surface area contributed by atoms with Crippen molar-refractivity contribution >= 4 is 5.91 Å². The maximum absolute atomic E-state index is 12.9. The molecule has 1 aliphatic heterocycles. The van der Waals surface area contributed by atoms with Gasteiger partial charge in [-0.25, -0.2) is 4.39 Å². The van der Waals surface area contributed by atoms with Gasteiger partial charge in [0.05, 0.1) is 24.6 Å². The lowest BCUT2D eigenvalue weighted by atomic mass is 10.3. The van der Waals surface area contributed by atoms with Crippen LogP contribution in [0.1, 0.15) is 16.2 Å². The molecule has 0 N–H and O–H groups in total. The molecular weight excluding hydrogens is 275 g/mol. The van der Waals surface area contributed by atoms with E-state index in [0.717, 1.165) is 0 Å². The number of amides is 1. The molecule has 2 heterocycles. The molecular formula is C14H15FN4O2. The van der Waals surface area contributed by atoms with Gasteiger partial charge in [0, 0.05) is 13.1 Å². The summed E-state index contributed by atoms with van der Waals surface area (Å²) in [5.41, 5.74) is 1.48. The standard InChI is InChI=1S/C14H15FN4O2/c1-10-13(14(20)18-6-8-21-9-7-18)17-19(16-10)12-4-2-11(15)3-5-12/h2-5H,6-9H2,1H3. The van der Waals surface area contributed by atoms with Gasteiger partial charge < -0.3 is 9.64 Å². The number of nitrogens with zero attached hydrogens (tertiary/aromatic N) is 4. The smallest absolute Gasteiger partial charge is 0.276 e. The summed E-state index contributed by atoms with van der Waals surface area (Å²) in [6.45, 7) is 3.93. The fourth-order valence-electron chi connectivity index (χ4n) is 2.18. The van der Waals surface area contributed by atoms with E-state index in [1.54, 1.807) is 24.0 Å². The Labute approximate surface area is 121 Å². The molecule has 2 aromatic rings. The van der Waals surface area contributed by atoms with Crippen LogP contribution in [-0.4, -0.2) is 52.1 Å². The Morgan fingerprint density at radius 1 is 1.19 bits per heavy atom. The number of aromatic nitrogens is 3. The largest absolute Gasteiger partial charge is 0.378 e. The lowest BCUT2D eigenvalue weighted by Crippen LogP contribution is -2.41. The number of hydrogen-bond acceptors (Lipinski definition) is 4. The first-order chi connectivity index (χ1) is 10.1. The zero-order valence-electron chi connectivity index (χ0n) is 11.6. The van der Waals surface area contributed by atoms with Crippen LogP contribution in [0.5, 0.6) is 0 Å². The maximum atomic E-state index is 12.9. The van der Waals surface area contributed by atoms with Crippen LogP contribution in [0.2, 0.25) is 0 Å². The summed E-state index contributed by atoms with van der Waals surface area (Å²) >= 11 is 0. The molecule has 1 fully saturated rings. The Morgan fingerprint density at radius 3 is 2.52 bits per heavy atom. The quantitative estimate of drug-likeness (QED) is 0.833. The summed E-state index contributed by atoms with van der Waals surface area (Å²) in [6.07, 6.45) is 0. The van der Waals surface area contributed by atoms with Crippen molar-refractivity contribution in [2.75, 3.05) is 26.3 Å². The summed E-state index contributed by atoms with van der Waals surface area (Å²) in [7, 11) is 0. The van der Waals surface area contributed by atoms with E-state index in [4.69, 9.17) is 4.74 Å². The number of carbonyl (C=O) groups is 1. The van der Waals surface area contributed by atoms with Gasteiger partial charge >= 0.3 is 0 Å². The lowest BCUT2D eigenvalue weighted by Gasteiger charge is -2.26. The van der Waals surface area contributed by atoms with Gasteiger partial charge in [0.15, 0.2) is 5.69 Å². The van der Waals surface area contributed by atoms with Crippen molar-refractivity contribution in [3.8, 4) is 5.69 Å². The van der Waals surface area contributed by atoms with Gasteiger partial charge in [-0.2, -0.15) is 9.90 Å². The third-order valence-corrected chi connectivity index (χ3v) is 3.34. The van der Waals surface area contributed by atoms with E-state index in [2.05, 4.69) is 10.2 Å². The average molecular weight is 290 g/mol. The number of carbonyl (C=O) groups excluding carboxylic acids is 1. The summed E-state index contributed by atoms with van der Waals surface area (Å²) in [5.74, 6) is -0.476. The highest BCUT2D eigenvalue weighted by Gasteiger charge is 2.23. The van der Waals surface area contributed by atoms with Gasteiger partial charge in [-0.05, 0) is 31.2 Å². The summed E-state index contributed by atoms with van der Waals surface area (Å²) < 4.78 is 18.2. The van der Waals surface area contributed by atoms with E-state index >= 15 is 0 Å². The highest BCUT2D eigenvalue weighted by molar-refractivity contribution is 5.93. The number of benzene rings is 1. The predicted molar refractivity (Wildman–Crippen MR) is 72.8 cm³/mol. The highest BCUT2D eigenvalue weighted by atomic mass is 19.1. The maximum Gasteiger partial charge on any atom is 0.276 e. The van der Waals surface area contributed by atoms with Gasteiger partial charge in [0.25, 0.3) is 5.91 Å². The minimum Gasteiger partial charge on any atom is -0.378 e. The lowest BCUT2D eigenvalue weighted by molar-refractivity contribution is 0.0298. The molecule has 21 heavy (non-hydrogen) atoms. The topological polar surface area (TPSA) is 60.2 Å².